The van der Waals surface area contributed by atoms with Crippen LogP contribution in [-0.2, 0) is 11.0 Å². The van der Waals surface area contributed by atoms with Crippen LogP contribution in [0, 0.1) is 0 Å². The highest BCUT2D eigenvalue weighted by Gasteiger charge is 2.35. The Morgan fingerprint density at radius 2 is 1.74 bits per heavy atom. The first kappa shape index (κ1) is 22.8. The molecule has 3 aromatic rings. The maximum Gasteiger partial charge on any atom is 0.417 e. The molecule has 2 N–H and O–H groups in total. The first-order valence-electron chi connectivity index (χ1n) is 9.23. The van der Waals surface area contributed by atoms with Crippen molar-refractivity contribution in [2.45, 2.75) is 17.4 Å². The Morgan fingerprint density at radius 3 is 2.42 bits per heavy atom. The molecular weight excluding hydrogens is 447 g/mol. The summed E-state index contributed by atoms with van der Waals surface area (Å²) in [5.41, 5.74) is -0.354. The number of hydrogen-bond acceptors (Lipinski definition) is 5. The number of hydrogen-bond donors (Lipinski definition) is 2. The van der Waals surface area contributed by atoms with Gasteiger partial charge in [0.1, 0.15) is 10.7 Å². The fraction of sp³-hybridized carbons (Fsp3) is 0.190. The number of carbonyl (C=O) groups is 2. The minimum atomic E-state index is -4.66. The zero-order valence-corrected chi connectivity index (χ0v) is 18.0. The van der Waals surface area contributed by atoms with Crippen LogP contribution in [0.25, 0.3) is 11.3 Å². The maximum atomic E-state index is 13.3. The van der Waals surface area contributed by atoms with Crippen molar-refractivity contribution >= 4 is 39.9 Å². The molecule has 2 aromatic carbocycles. The van der Waals surface area contributed by atoms with Gasteiger partial charge in [0.05, 0.1) is 16.9 Å². The summed E-state index contributed by atoms with van der Waals surface area (Å²) in [5, 5.41) is 5.57. The number of carbonyl (C=O) groups excluding carboxylic acids is 2. The molecule has 0 unspecified atom stereocenters. The first-order valence-corrected chi connectivity index (χ1v) is 11.0. The van der Waals surface area contributed by atoms with Crippen LogP contribution < -0.4 is 10.6 Å². The number of anilines is 1. The molecule has 0 saturated heterocycles. The molecule has 5 nitrogen and oxygen atoms in total. The lowest BCUT2D eigenvalue weighted by Crippen LogP contribution is -2.24. The number of amides is 2. The molecule has 2 amide bonds. The number of nitrogens with zero attached hydrogens (tertiary/aromatic N) is 1. The van der Waals surface area contributed by atoms with Crippen molar-refractivity contribution in [1.82, 2.24) is 10.3 Å². The van der Waals surface area contributed by atoms with Gasteiger partial charge in [0, 0.05) is 12.1 Å². The minimum absolute atomic E-state index is 0.139. The van der Waals surface area contributed by atoms with Crippen molar-refractivity contribution in [1.29, 1.82) is 0 Å². The summed E-state index contributed by atoms with van der Waals surface area (Å²) in [7, 11) is 0. The van der Waals surface area contributed by atoms with E-state index in [9.17, 15) is 22.8 Å². The van der Waals surface area contributed by atoms with Crippen molar-refractivity contribution in [3.63, 3.8) is 0 Å². The average molecular weight is 466 g/mol. The van der Waals surface area contributed by atoms with Gasteiger partial charge in [-0.05, 0) is 19.1 Å². The summed E-state index contributed by atoms with van der Waals surface area (Å²) >= 11 is 2.30. The number of alkyl halides is 3. The van der Waals surface area contributed by atoms with E-state index in [1.807, 2.05) is 13.0 Å². The van der Waals surface area contributed by atoms with E-state index in [-0.39, 0.29) is 11.7 Å². The number of nitrogens with one attached hydrogen (secondary N) is 2. The molecule has 0 bridgehead atoms. The monoisotopic (exact) mass is 465 g/mol. The van der Waals surface area contributed by atoms with Crippen LogP contribution >= 0.6 is 23.1 Å². The molecule has 0 spiro atoms. The normalized spacial score (nSPS) is 11.2. The summed E-state index contributed by atoms with van der Waals surface area (Å²) in [6.45, 7) is 2.32. The average Bonchev–Trinajstić information content (AvgIpc) is 3.15. The van der Waals surface area contributed by atoms with Gasteiger partial charge in [-0.25, -0.2) is 4.98 Å². The summed E-state index contributed by atoms with van der Waals surface area (Å²) in [5.74, 6) is -0.900. The lowest BCUT2D eigenvalue weighted by Gasteiger charge is -2.12. The van der Waals surface area contributed by atoms with E-state index in [4.69, 9.17) is 0 Å². The number of thioether (sulfide) groups is 1. The first-order chi connectivity index (χ1) is 14.8. The smallest absolute Gasteiger partial charge is 0.356 e. The van der Waals surface area contributed by atoms with Gasteiger partial charge in [-0.1, -0.05) is 65.6 Å². The number of aromatic nitrogens is 1. The Kier molecular flexibility index (Phi) is 7.34. The molecule has 0 radical (unpaired) electrons. The highest BCUT2D eigenvalue weighted by molar-refractivity contribution is 8.01. The molecule has 3 rings (SSSR count). The van der Waals surface area contributed by atoms with E-state index >= 15 is 0 Å². The summed E-state index contributed by atoms with van der Waals surface area (Å²) in [4.78, 5) is 29.0. The Balaban J connectivity index is 1.91. The van der Waals surface area contributed by atoms with Crippen LogP contribution in [0.3, 0.4) is 0 Å². The van der Waals surface area contributed by atoms with Gasteiger partial charge in [0.15, 0.2) is 4.34 Å². The third-order valence-electron chi connectivity index (χ3n) is 4.06. The van der Waals surface area contributed by atoms with Gasteiger partial charge in [0.25, 0.3) is 5.91 Å². The summed E-state index contributed by atoms with van der Waals surface area (Å²) in [6, 6.07) is 13.6. The number of thiazole rings is 1. The Labute approximate surface area is 185 Å². The van der Waals surface area contributed by atoms with Crippen LogP contribution in [0.5, 0.6) is 0 Å². The van der Waals surface area contributed by atoms with Gasteiger partial charge in [0.2, 0.25) is 5.91 Å². The molecule has 0 saturated carbocycles. The van der Waals surface area contributed by atoms with Crippen molar-refractivity contribution < 1.29 is 22.8 Å². The molecule has 0 aliphatic carbocycles. The molecule has 162 valence electrons. The number of benzene rings is 2. The fourth-order valence-corrected chi connectivity index (χ4v) is 4.60. The third kappa shape index (κ3) is 5.86. The lowest BCUT2D eigenvalue weighted by molar-refractivity contribution is -0.137. The van der Waals surface area contributed by atoms with Crippen molar-refractivity contribution in [3.05, 3.63) is 65.7 Å². The second-order valence-corrected chi connectivity index (χ2v) is 8.48. The van der Waals surface area contributed by atoms with Crippen LogP contribution in [0.2, 0.25) is 0 Å². The van der Waals surface area contributed by atoms with Gasteiger partial charge in [-0.15, -0.1) is 0 Å². The summed E-state index contributed by atoms with van der Waals surface area (Å²) in [6.07, 6.45) is -4.66. The molecule has 10 heteroatoms. The molecular formula is C21H18F3N3O2S2. The van der Waals surface area contributed by atoms with Crippen molar-refractivity contribution in [2.24, 2.45) is 0 Å². The molecule has 0 aliphatic heterocycles. The van der Waals surface area contributed by atoms with E-state index in [1.165, 1.54) is 23.9 Å². The quantitative estimate of drug-likeness (QED) is 0.464. The second-order valence-electron chi connectivity index (χ2n) is 6.26. The minimum Gasteiger partial charge on any atom is -0.356 e. The summed E-state index contributed by atoms with van der Waals surface area (Å²) < 4.78 is 40.4. The largest absolute Gasteiger partial charge is 0.417 e. The highest BCUT2D eigenvalue weighted by Crippen LogP contribution is 2.38. The van der Waals surface area contributed by atoms with E-state index in [0.717, 1.165) is 23.5 Å². The number of halogens is 3. The van der Waals surface area contributed by atoms with E-state index < -0.39 is 23.2 Å². The van der Waals surface area contributed by atoms with E-state index in [1.54, 1.807) is 24.3 Å². The molecule has 1 heterocycles. The van der Waals surface area contributed by atoms with Gasteiger partial charge < -0.3 is 10.6 Å². The van der Waals surface area contributed by atoms with Gasteiger partial charge in [-0.3, -0.25) is 9.59 Å². The maximum absolute atomic E-state index is 13.3. The van der Waals surface area contributed by atoms with Crippen LogP contribution in [0.4, 0.5) is 18.2 Å². The predicted molar refractivity (Wildman–Crippen MR) is 116 cm³/mol. The predicted octanol–water partition coefficient (Wildman–Crippen LogP) is 5.31. The van der Waals surface area contributed by atoms with Gasteiger partial charge >= 0.3 is 6.18 Å². The Morgan fingerprint density at radius 1 is 1.06 bits per heavy atom. The van der Waals surface area contributed by atoms with Crippen molar-refractivity contribution in [2.75, 3.05) is 17.6 Å². The molecule has 0 fully saturated rings. The van der Waals surface area contributed by atoms with Crippen molar-refractivity contribution in [3.8, 4) is 11.3 Å². The molecule has 0 atom stereocenters. The van der Waals surface area contributed by atoms with Crippen LogP contribution in [-0.4, -0.2) is 29.1 Å². The SMILES string of the molecule is CCNC(=O)CSc1nc(-c2ccccc2)c(NC(=O)c2ccccc2C(F)(F)F)s1. The third-order valence-corrected chi connectivity index (χ3v) is 6.17. The standard InChI is InChI=1S/C21H18F3N3O2S2/c1-2-25-16(28)12-30-20-26-17(13-8-4-3-5-9-13)19(31-20)27-18(29)14-10-6-7-11-15(14)21(22,23)24/h3-11H,2,12H2,1H3,(H,25,28)(H,27,29). The zero-order valence-electron chi connectivity index (χ0n) is 16.3. The zero-order chi connectivity index (χ0) is 22.4. The number of rotatable bonds is 7. The second kappa shape index (κ2) is 9.97. The van der Waals surface area contributed by atoms with Gasteiger partial charge in [-0.2, -0.15) is 13.2 Å². The molecule has 0 aliphatic rings. The highest BCUT2D eigenvalue weighted by atomic mass is 32.2. The van der Waals surface area contributed by atoms with Crippen LogP contribution in [0.15, 0.2) is 58.9 Å². The topological polar surface area (TPSA) is 71.1 Å². The van der Waals surface area contributed by atoms with E-state index in [2.05, 4.69) is 15.6 Å². The van der Waals surface area contributed by atoms with Crippen LogP contribution in [0.1, 0.15) is 22.8 Å². The Bertz CT molecular complexity index is 1070. The molecule has 31 heavy (non-hydrogen) atoms. The van der Waals surface area contributed by atoms with E-state index in [0.29, 0.717) is 27.1 Å². The lowest BCUT2D eigenvalue weighted by atomic mass is 10.1. The fourth-order valence-electron chi connectivity index (χ4n) is 2.71. The molecule has 1 aromatic heterocycles. The Hall–Kier alpha value is -2.85.